The summed E-state index contributed by atoms with van der Waals surface area (Å²) in [5.41, 5.74) is 1.52. The van der Waals surface area contributed by atoms with E-state index < -0.39 is 11.7 Å². The number of amides is 1. The van der Waals surface area contributed by atoms with Crippen molar-refractivity contribution in [2.24, 2.45) is 0 Å². The molecule has 0 saturated carbocycles. The molecule has 1 amide bonds. The summed E-state index contributed by atoms with van der Waals surface area (Å²) in [6.45, 7) is 0. The van der Waals surface area contributed by atoms with Crippen LogP contribution >= 0.6 is 11.6 Å². The van der Waals surface area contributed by atoms with Crippen molar-refractivity contribution in [1.82, 2.24) is 9.97 Å². The first-order valence-electron chi connectivity index (χ1n) is 7.42. The Morgan fingerprint density at radius 2 is 2.00 bits per heavy atom. The minimum Gasteiger partial charge on any atom is -0.324 e. The molecule has 6 nitrogen and oxygen atoms in total. The highest BCUT2D eigenvalue weighted by Gasteiger charge is 2.10. The first-order chi connectivity index (χ1) is 12.5. The van der Waals surface area contributed by atoms with Gasteiger partial charge < -0.3 is 10.6 Å². The van der Waals surface area contributed by atoms with Crippen LogP contribution in [0.3, 0.4) is 0 Å². The van der Waals surface area contributed by atoms with E-state index in [2.05, 4.69) is 20.6 Å². The molecule has 0 fully saturated rings. The second-order valence-electron chi connectivity index (χ2n) is 5.17. The standard InChI is InChI=1S/C18H11ClFN5O/c19-14-9-13(4-5-15(14)20)24-18-22-7-6-16(25-18)17(26)23-12-3-1-2-11(8-12)10-21/h1-9H,(H,23,26)(H,22,24,25). The molecule has 0 aliphatic rings. The van der Waals surface area contributed by atoms with Crippen molar-refractivity contribution >= 4 is 34.8 Å². The number of aromatic nitrogens is 2. The summed E-state index contributed by atoms with van der Waals surface area (Å²) in [7, 11) is 0. The van der Waals surface area contributed by atoms with Crippen molar-refractivity contribution < 1.29 is 9.18 Å². The number of nitrogens with zero attached hydrogens (tertiary/aromatic N) is 3. The lowest BCUT2D eigenvalue weighted by Gasteiger charge is -2.08. The van der Waals surface area contributed by atoms with Gasteiger partial charge in [0.15, 0.2) is 0 Å². The van der Waals surface area contributed by atoms with Gasteiger partial charge in [-0.05, 0) is 42.5 Å². The average Bonchev–Trinajstić information content (AvgIpc) is 2.65. The molecule has 0 aliphatic heterocycles. The van der Waals surface area contributed by atoms with E-state index in [1.165, 1.54) is 30.5 Å². The lowest BCUT2D eigenvalue weighted by molar-refractivity contribution is 0.102. The van der Waals surface area contributed by atoms with Crippen LogP contribution < -0.4 is 10.6 Å². The number of nitrogens with one attached hydrogen (secondary N) is 2. The van der Waals surface area contributed by atoms with Gasteiger partial charge in [0.2, 0.25) is 5.95 Å². The summed E-state index contributed by atoms with van der Waals surface area (Å²) >= 11 is 5.73. The van der Waals surface area contributed by atoms with Crippen LogP contribution in [-0.4, -0.2) is 15.9 Å². The molecule has 0 atom stereocenters. The smallest absolute Gasteiger partial charge is 0.274 e. The molecule has 1 heterocycles. The summed E-state index contributed by atoms with van der Waals surface area (Å²) < 4.78 is 13.2. The number of carbonyl (C=O) groups excluding carboxylic acids is 1. The van der Waals surface area contributed by atoms with Crippen molar-refractivity contribution in [2.45, 2.75) is 0 Å². The van der Waals surface area contributed by atoms with Crippen LogP contribution in [-0.2, 0) is 0 Å². The zero-order valence-corrected chi connectivity index (χ0v) is 14.0. The fourth-order valence-corrected chi connectivity index (χ4v) is 2.29. The number of rotatable bonds is 4. The molecule has 3 rings (SSSR count). The first kappa shape index (κ1) is 17.3. The molecule has 128 valence electrons. The van der Waals surface area contributed by atoms with Gasteiger partial charge in [0.05, 0.1) is 16.7 Å². The maximum Gasteiger partial charge on any atom is 0.274 e. The third kappa shape index (κ3) is 4.12. The van der Waals surface area contributed by atoms with Crippen molar-refractivity contribution in [3.63, 3.8) is 0 Å². The van der Waals surface area contributed by atoms with Crippen LogP contribution in [0.1, 0.15) is 16.1 Å². The van der Waals surface area contributed by atoms with Crippen LogP contribution in [0.4, 0.5) is 21.7 Å². The zero-order valence-electron chi connectivity index (χ0n) is 13.2. The molecule has 0 saturated heterocycles. The first-order valence-corrected chi connectivity index (χ1v) is 7.79. The molecule has 8 heteroatoms. The number of carbonyl (C=O) groups is 1. The van der Waals surface area contributed by atoms with Gasteiger partial charge in [-0.25, -0.2) is 14.4 Å². The third-order valence-corrected chi connectivity index (χ3v) is 3.60. The molecule has 2 N–H and O–H groups in total. The van der Waals surface area contributed by atoms with E-state index in [0.717, 1.165) is 0 Å². The summed E-state index contributed by atoms with van der Waals surface area (Å²) in [5, 5.41) is 14.4. The largest absolute Gasteiger partial charge is 0.324 e. The maximum atomic E-state index is 13.2. The van der Waals surface area contributed by atoms with Crippen molar-refractivity contribution in [3.8, 4) is 6.07 Å². The summed E-state index contributed by atoms with van der Waals surface area (Å²) in [6.07, 6.45) is 1.42. The van der Waals surface area contributed by atoms with E-state index in [-0.39, 0.29) is 16.7 Å². The van der Waals surface area contributed by atoms with Gasteiger partial charge in [0.1, 0.15) is 11.5 Å². The van der Waals surface area contributed by atoms with Crippen LogP contribution in [0.2, 0.25) is 5.02 Å². The molecule has 26 heavy (non-hydrogen) atoms. The minimum atomic E-state index is -0.536. The maximum absolute atomic E-state index is 13.2. The Kier molecular flexibility index (Phi) is 5.06. The number of halogens is 2. The predicted molar refractivity (Wildman–Crippen MR) is 95.8 cm³/mol. The molecule has 3 aromatic rings. The van der Waals surface area contributed by atoms with Crippen LogP contribution in [0.25, 0.3) is 0 Å². The van der Waals surface area contributed by atoms with Crippen molar-refractivity contribution in [1.29, 1.82) is 5.26 Å². The van der Waals surface area contributed by atoms with E-state index in [4.69, 9.17) is 16.9 Å². The molecule has 0 spiro atoms. The van der Waals surface area contributed by atoms with Crippen LogP contribution in [0.15, 0.2) is 54.7 Å². The molecule has 1 aromatic heterocycles. The Morgan fingerprint density at radius 3 is 2.77 bits per heavy atom. The second-order valence-corrected chi connectivity index (χ2v) is 5.57. The molecule has 0 bridgehead atoms. The molecule has 0 aliphatic carbocycles. The fraction of sp³-hybridized carbons (Fsp3) is 0. The Labute approximate surface area is 153 Å². The highest BCUT2D eigenvalue weighted by Crippen LogP contribution is 2.21. The van der Waals surface area contributed by atoms with E-state index in [0.29, 0.717) is 16.9 Å². The van der Waals surface area contributed by atoms with Gasteiger partial charge >= 0.3 is 0 Å². The summed E-state index contributed by atoms with van der Waals surface area (Å²) in [5.74, 6) is -0.834. The Morgan fingerprint density at radius 1 is 1.15 bits per heavy atom. The van der Waals surface area contributed by atoms with Crippen molar-refractivity contribution in [2.75, 3.05) is 10.6 Å². The minimum absolute atomic E-state index is 0.0405. The Hall–Kier alpha value is -3.50. The second kappa shape index (κ2) is 7.59. The topological polar surface area (TPSA) is 90.7 Å². The fourth-order valence-electron chi connectivity index (χ4n) is 2.11. The van der Waals surface area contributed by atoms with E-state index in [1.807, 2.05) is 6.07 Å². The van der Waals surface area contributed by atoms with Gasteiger partial charge in [-0.15, -0.1) is 0 Å². The number of hydrogen-bond acceptors (Lipinski definition) is 5. The molecular weight excluding hydrogens is 357 g/mol. The van der Waals surface area contributed by atoms with Gasteiger partial charge in [-0.1, -0.05) is 17.7 Å². The lowest BCUT2D eigenvalue weighted by Crippen LogP contribution is -2.14. The quantitative estimate of drug-likeness (QED) is 0.723. The normalized spacial score (nSPS) is 10.0. The van der Waals surface area contributed by atoms with E-state index in [9.17, 15) is 9.18 Å². The van der Waals surface area contributed by atoms with Crippen LogP contribution in [0.5, 0.6) is 0 Å². The Bertz CT molecular complexity index is 1020. The summed E-state index contributed by atoms with van der Waals surface area (Å²) in [6, 6.07) is 14.1. The Balaban J connectivity index is 1.76. The van der Waals surface area contributed by atoms with E-state index >= 15 is 0 Å². The van der Waals surface area contributed by atoms with Crippen molar-refractivity contribution in [3.05, 3.63) is 76.8 Å². The average molecular weight is 368 g/mol. The number of benzene rings is 2. The van der Waals surface area contributed by atoms with E-state index in [1.54, 1.807) is 24.3 Å². The SMILES string of the molecule is N#Cc1cccc(NC(=O)c2ccnc(Nc3ccc(F)c(Cl)c3)n2)c1. The zero-order chi connectivity index (χ0) is 18.5. The van der Waals surface area contributed by atoms with Crippen LogP contribution in [0, 0.1) is 17.1 Å². The molecule has 0 unspecified atom stereocenters. The lowest BCUT2D eigenvalue weighted by atomic mass is 10.2. The van der Waals surface area contributed by atoms with Gasteiger partial charge in [-0.2, -0.15) is 5.26 Å². The highest BCUT2D eigenvalue weighted by molar-refractivity contribution is 6.31. The predicted octanol–water partition coefficient (Wildman–Crippen LogP) is 4.14. The molecule has 2 aromatic carbocycles. The number of nitriles is 1. The summed E-state index contributed by atoms with van der Waals surface area (Å²) in [4.78, 5) is 20.5. The highest BCUT2D eigenvalue weighted by atomic mass is 35.5. The molecular formula is C18H11ClFN5O. The van der Waals surface area contributed by atoms with Gasteiger partial charge in [0.25, 0.3) is 5.91 Å². The number of anilines is 3. The number of hydrogen-bond donors (Lipinski definition) is 2. The monoisotopic (exact) mass is 367 g/mol. The van der Waals surface area contributed by atoms with Gasteiger partial charge in [-0.3, -0.25) is 4.79 Å². The molecule has 0 radical (unpaired) electrons. The third-order valence-electron chi connectivity index (χ3n) is 3.31. The van der Waals surface area contributed by atoms with Gasteiger partial charge in [0, 0.05) is 17.6 Å².